The van der Waals surface area contributed by atoms with Crippen LogP contribution in [0.3, 0.4) is 0 Å². The molecule has 2 rings (SSSR count). The van der Waals surface area contributed by atoms with Gasteiger partial charge in [0.25, 0.3) is 6.43 Å². The van der Waals surface area contributed by atoms with Crippen molar-refractivity contribution in [2.75, 3.05) is 0 Å². The molecule has 1 atom stereocenters. The van der Waals surface area contributed by atoms with E-state index >= 15 is 0 Å². The second-order valence-corrected chi connectivity index (χ2v) is 4.81. The summed E-state index contributed by atoms with van der Waals surface area (Å²) in [6, 6.07) is 8.79. The fraction of sp³-hybridized carbons (Fsp3) is 0.250. The average molecular weight is 297 g/mol. The number of rotatable bonds is 5. The van der Waals surface area contributed by atoms with Crippen LogP contribution in [-0.4, -0.2) is 0 Å². The largest absolute Gasteiger partial charge is 0.306 e. The maximum Gasteiger partial charge on any atom is 0.263 e. The summed E-state index contributed by atoms with van der Waals surface area (Å²) in [5, 5.41) is 3.04. The van der Waals surface area contributed by atoms with Gasteiger partial charge >= 0.3 is 0 Å². The van der Waals surface area contributed by atoms with Gasteiger partial charge in [0.15, 0.2) is 0 Å². The van der Waals surface area contributed by atoms with Crippen molar-refractivity contribution in [1.82, 2.24) is 5.32 Å². The molecule has 5 heteroatoms. The zero-order valence-corrected chi connectivity index (χ0v) is 11.4. The van der Waals surface area contributed by atoms with E-state index in [-0.39, 0.29) is 11.1 Å². The third-order valence-corrected chi connectivity index (χ3v) is 3.27. The van der Waals surface area contributed by atoms with E-state index in [1.54, 1.807) is 19.1 Å². The van der Waals surface area contributed by atoms with Crippen LogP contribution in [0.25, 0.3) is 0 Å². The highest BCUT2D eigenvalue weighted by atomic mass is 19.3. The highest BCUT2D eigenvalue weighted by Crippen LogP contribution is 2.20. The zero-order valence-electron chi connectivity index (χ0n) is 11.4. The Kier molecular flexibility index (Phi) is 4.96. The van der Waals surface area contributed by atoms with Gasteiger partial charge in [-0.05, 0) is 30.7 Å². The molecule has 0 spiro atoms. The van der Waals surface area contributed by atoms with Gasteiger partial charge in [0, 0.05) is 23.7 Å². The molecule has 0 aromatic heterocycles. The molecule has 1 nitrogen and oxygen atoms in total. The fourth-order valence-corrected chi connectivity index (χ4v) is 2.01. The Morgan fingerprint density at radius 1 is 1.00 bits per heavy atom. The molecule has 0 radical (unpaired) electrons. The Morgan fingerprint density at radius 3 is 2.29 bits per heavy atom. The average Bonchev–Trinajstić information content (AvgIpc) is 2.47. The second kappa shape index (κ2) is 6.72. The zero-order chi connectivity index (χ0) is 15.4. The van der Waals surface area contributed by atoms with Crippen LogP contribution in [0.2, 0.25) is 0 Å². The topological polar surface area (TPSA) is 12.0 Å². The lowest BCUT2D eigenvalue weighted by molar-refractivity contribution is 0.151. The molecule has 0 heterocycles. The summed E-state index contributed by atoms with van der Waals surface area (Å²) >= 11 is 0. The van der Waals surface area contributed by atoms with Gasteiger partial charge in [-0.2, -0.15) is 0 Å². The van der Waals surface area contributed by atoms with Gasteiger partial charge in [-0.25, -0.2) is 17.6 Å². The summed E-state index contributed by atoms with van der Waals surface area (Å²) in [5.41, 5.74) is 0.991. The van der Waals surface area contributed by atoms with Crippen LogP contribution in [0.4, 0.5) is 17.6 Å². The molecule has 0 aliphatic heterocycles. The highest BCUT2D eigenvalue weighted by Gasteiger charge is 2.12. The summed E-state index contributed by atoms with van der Waals surface area (Å²) in [5.74, 6) is -0.981. The lowest BCUT2D eigenvalue weighted by Crippen LogP contribution is -2.19. The lowest BCUT2D eigenvalue weighted by Gasteiger charge is -2.15. The van der Waals surface area contributed by atoms with E-state index in [4.69, 9.17) is 0 Å². The predicted molar refractivity (Wildman–Crippen MR) is 73.0 cm³/mol. The lowest BCUT2D eigenvalue weighted by atomic mass is 10.1. The van der Waals surface area contributed by atoms with Crippen molar-refractivity contribution < 1.29 is 17.6 Å². The third kappa shape index (κ3) is 4.04. The molecule has 1 N–H and O–H groups in total. The minimum atomic E-state index is -2.49. The Morgan fingerprint density at radius 2 is 1.67 bits per heavy atom. The van der Waals surface area contributed by atoms with Crippen LogP contribution in [0.5, 0.6) is 0 Å². The first-order chi connectivity index (χ1) is 9.97. The van der Waals surface area contributed by atoms with Gasteiger partial charge in [-0.1, -0.05) is 24.3 Å². The first-order valence-electron chi connectivity index (χ1n) is 6.52. The standard InChI is InChI=1S/C16H15F4N/c1-10(14-8-13(17)6-7-15(14)18)21-9-11-2-4-12(5-3-11)16(19)20/h2-8,10,16,21H,9H2,1H3. The number of hydrogen-bond acceptors (Lipinski definition) is 1. The smallest absolute Gasteiger partial charge is 0.263 e. The molecule has 0 bridgehead atoms. The number of nitrogens with one attached hydrogen (secondary N) is 1. The van der Waals surface area contributed by atoms with E-state index in [0.29, 0.717) is 6.54 Å². The number of halogens is 4. The molecule has 2 aromatic rings. The monoisotopic (exact) mass is 297 g/mol. The number of hydrogen-bond donors (Lipinski definition) is 1. The second-order valence-electron chi connectivity index (χ2n) is 4.81. The first kappa shape index (κ1) is 15.5. The minimum Gasteiger partial charge on any atom is -0.306 e. The highest BCUT2D eigenvalue weighted by molar-refractivity contribution is 5.25. The summed E-state index contributed by atoms with van der Waals surface area (Å²) in [6.07, 6.45) is -2.49. The maximum atomic E-state index is 13.6. The molecule has 0 aliphatic carbocycles. The van der Waals surface area contributed by atoms with Gasteiger partial charge < -0.3 is 5.32 Å². The van der Waals surface area contributed by atoms with Crippen molar-refractivity contribution in [3.63, 3.8) is 0 Å². The van der Waals surface area contributed by atoms with E-state index in [0.717, 1.165) is 23.8 Å². The van der Waals surface area contributed by atoms with Crippen molar-refractivity contribution in [2.45, 2.75) is 25.9 Å². The molecule has 1 unspecified atom stereocenters. The molecular formula is C16H15F4N. The molecule has 112 valence electrons. The van der Waals surface area contributed by atoms with Gasteiger partial charge in [-0.3, -0.25) is 0 Å². The van der Waals surface area contributed by atoms with Crippen LogP contribution in [0.15, 0.2) is 42.5 Å². The van der Waals surface area contributed by atoms with Crippen molar-refractivity contribution >= 4 is 0 Å². The van der Waals surface area contributed by atoms with E-state index < -0.39 is 24.1 Å². The van der Waals surface area contributed by atoms with Gasteiger partial charge in [0.1, 0.15) is 11.6 Å². The molecule has 0 saturated carbocycles. The number of alkyl halides is 2. The van der Waals surface area contributed by atoms with Crippen molar-refractivity contribution in [2.24, 2.45) is 0 Å². The predicted octanol–water partition coefficient (Wildman–Crippen LogP) is 4.75. The molecule has 0 amide bonds. The SMILES string of the molecule is CC(NCc1ccc(C(F)F)cc1)c1cc(F)ccc1F. The molecular weight excluding hydrogens is 282 g/mol. The van der Waals surface area contributed by atoms with Crippen LogP contribution in [-0.2, 0) is 6.54 Å². The normalized spacial score (nSPS) is 12.7. The quantitative estimate of drug-likeness (QED) is 0.785. The van der Waals surface area contributed by atoms with E-state index in [1.165, 1.54) is 12.1 Å². The van der Waals surface area contributed by atoms with E-state index in [1.807, 2.05) is 0 Å². The Hall–Kier alpha value is -1.88. The molecule has 0 saturated heterocycles. The molecule has 0 fully saturated rings. The third-order valence-electron chi connectivity index (χ3n) is 3.27. The Labute approximate surface area is 120 Å². The minimum absolute atomic E-state index is 0.0389. The molecule has 0 aliphatic rings. The molecule has 2 aromatic carbocycles. The molecule has 21 heavy (non-hydrogen) atoms. The Balaban J connectivity index is 2.00. The summed E-state index contributed by atoms with van der Waals surface area (Å²) < 4.78 is 51.6. The van der Waals surface area contributed by atoms with Crippen LogP contribution < -0.4 is 5.32 Å². The van der Waals surface area contributed by atoms with Gasteiger partial charge in [-0.15, -0.1) is 0 Å². The fourth-order valence-electron chi connectivity index (χ4n) is 2.01. The van der Waals surface area contributed by atoms with Crippen molar-refractivity contribution in [3.05, 3.63) is 70.8 Å². The van der Waals surface area contributed by atoms with E-state index in [2.05, 4.69) is 5.32 Å². The summed E-state index contributed by atoms with van der Waals surface area (Å²) in [6.45, 7) is 2.09. The van der Waals surface area contributed by atoms with Crippen LogP contribution in [0, 0.1) is 11.6 Å². The maximum absolute atomic E-state index is 13.6. The summed E-state index contributed by atoms with van der Waals surface area (Å²) in [4.78, 5) is 0. The number of benzene rings is 2. The van der Waals surface area contributed by atoms with Crippen molar-refractivity contribution in [3.8, 4) is 0 Å². The van der Waals surface area contributed by atoms with Crippen molar-refractivity contribution in [1.29, 1.82) is 0 Å². The van der Waals surface area contributed by atoms with Gasteiger partial charge in [0.2, 0.25) is 0 Å². The van der Waals surface area contributed by atoms with E-state index in [9.17, 15) is 17.6 Å². The Bertz CT molecular complexity index is 596. The van der Waals surface area contributed by atoms with Gasteiger partial charge in [0.05, 0.1) is 0 Å². The summed E-state index contributed by atoms with van der Waals surface area (Å²) in [7, 11) is 0. The van der Waals surface area contributed by atoms with Crippen LogP contribution >= 0.6 is 0 Å². The first-order valence-corrected chi connectivity index (χ1v) is 6.52. The van der Waals surface area contributed by atoms with Crippen LogP contribution in [0.1, 0.15) is 36.1 Å².